The predicted octanol–water partition coefficient (Wildman–Crippen LogP) is 6.50. The SMILES string of the molecule is c1ccc2c(c1)nc1c3c4ccccc4c4ccccc4c3c3ccncc3n21. The summed E-state index contributed by atoms with van der Waals surface area (Å²) in [6, 6.07) is 27.8. The van der Waals surface area contributed by atoms with E-state index >= 15 is 0 Å². The van der Waals surface area contributed by atoms with Crippen molar-refractivity contribution in [1.82, 2.24) is 14.4 Å². The lowest BCUT2D eigenvalue weighted by molar-refractivity contribution is 1.27. The van der Waals surface area contributed by atoms with Crippen molar-refractivity contribution in [3.8, 4) is 0 Å². The third-order valence-corrected chi connectivity index (χ3v) is 6.03. The van der Waals surface area contributed by atoms with Crippen molar-refractivity contribution in [1.29, 1.82) is 0 Å². The van der Waals surface area contributed by atoms with Crippen molar-refractivity contribution < 1.29 is 0 Å². The Morgan fingerprint density at radius 2 is 1.21 bits per heavy atom. The Kier molecular flexibility index (Phi) is 2.74. The van der Waals surface area contributed by atoms with Gasteiger partial charge in [0.2, 0.25) is 0 Å². The molecule has 0 aliphatic carbocycles. The van der Waals surface area contributed by atoms with Gasteiger partial charge in [0, 0.05) is 22.4 Å². The summed E-state index contributed by atoms with van der Waals surface area (Å²) in [4.78, 5) is 9.54. The molecule has 0 saturated heterocycles. The molecule has 7 aromatic rings. The van der Waals surface area contributed by atoms with Crippen LogP contribution in [0.25, 0.3) is 59.9 Å². The van der Waals surface area contributed by atoms with E-state index < -0.39 is 0 Å². The van der Waals surface area contributed by atoms with E-state index in [1.165, 1.54) is 37.7 Å². The number of aromatic nitrogens is 3. The number of rotatable bonds is 0. The lowest BCUT2D eigenvalue weighted by Gasteiger charge is -2.14. The average molecular weight is 369 g/mol. The zero-order valence-corrected chi connectivity index (χ0v) is 15.5. The van der Waals surface area contributed by atoms with E-state index in [-0.39, 0.29) is 0 Å². The van der Waals surface area contributed by atoms with Gasteiger partial charge in [-0.15, -0.1) is 0 Å². The molecule has 3 heterocycles. The Balaban J connectivity index is 1.98. The maximum absolute atomic E-state index is 5.09. The molecule has 0 aliphatic rings. The lowest BCUT2D eigenvalue weighted by atomic mass is 9.93. The Bertz CT molecular complexity index is 1760. The summed E-state index contributed by atoms with van der Waals surface area (Å²) in [7, 11) is 0. The van der Waals surface area contributed by atoms with Gasteiger partial charge in [0.15, 0.2) is 0 Å². The van der Waals surface area contributed by atoms with Crippen LogP contribution >= 0.6 is 0 Å². The minimum absolute atomic E-state index is 0.989. The second kappa shape index (κ2) is 5.30. The first-order valence-electron chi connectivity index (χ1n) is 9.78. The Morgan fingerprint density at radius 3 is 2.00 bits per heavy atom. The van der Waals surface area contributed by atoms with Crippen LogP contribution in [0.3, 0.4) is 0 Å². The molecular formula is C26H15N3. The third kappa shape index (κ3) is 1.82. The summed E-state index contributed by atoms with van der Waals surface area (Å²) in [5.74, 6) is 0. The van der Waals surface area contributed by atoms with Crippen LogP contribution in [0.2, 0.25) is 0 Å². The monoisotopic (exact) mass is 369 g/mol. The van der Waals surface area contributed by atoms with Crippen molar-refractivity contribution in [3.05, 3.63) is 91.3 Å². The zero-order valence-electron chi connectivity index (χ0n) is 15.5. The smallest absolute Gasteiger partial charge is 0.147 e. The van der Waals surface area contributed by atoms with Gasteiger partial charge in [-0.25, -0.2) is 4.98 Å². The van der Waals surface area contributed by atoms with Crippen LogP contribution in [0, 0.1) is 0 Å². The second-order valence-electron chi connectivity index (χ2n) is 7.49. The topological polar surface area (TPSA) is 30.2 Å². The van der Waals surface area contributed by atoms with Gasteiger partial charge in [-0.1, -0.05) is 60.7 Å². The predicted molar refractivity (Wildman–Crippen MR) is 121 cm³/mol. The maximum Gasteiger partial charge on any atom is 0.147 e. The van der Waals surface area contributed by atoms with Gasteiger partial charge in [-0.2, -0.15) is 0 Å². The van der Waals surface area contributed by atoms with E-state index in [0.29, 0.717) is 0 Å². The lowest BCUT2D eigenvalue weighted by Crippen LogP contribution is -1.94. The van der Waals surface area contributed by atoms with E-state index in [1.54, 1.807) is 0 Å². The zero-order chi connectivity index (χ0) is 18.9. The van der Waals surface area contributed by atoms with Gasteiger partial charge in [0.25, 0.3) is 0 Å². The normalized spacial score (nSPS) is 12.1. The molecule has 0 unspecified atom stereocenters. The van der Waals surface area contributed by atoms with Gasteiger partial charge >= 0.3 is 0 Å². The van der Waals surface area contributed by atoms with Crippen LogP contribution in [0.4, 0.5) is 0 Å². The standard InChI is InChI=1S/C26H15N3/c1-3-9-18-16(7-1)17-8-2-4-10-19(17)25-24(18)20-13-14-27-15-23(20)29-22-12-6-5-11-21(22)28-26(25)29/h1-15H. The molecule has 4 aromatic carbocycles. The first-order chi connectivity index (χ1) is 14.4. The summed E-state index contributed by atoms with van der Waals surface area (Å²) in [5, 5.41) is 8.68. The molecule has 0 atom stereocenters. The molecular weight excluding hydrogens is 354 g/mol. The van der Waals surface area contributed by atoms with Crippen molar-refractivity contribution in [2.75, 3.05) is 0 Å². The average Bonchev–Trinajstić information content (AvgIpc) is 3.18. The molecule has 29 heavy (non-hydrogen) atoms. The van der Waals surface area contributed by atoms with E-state index in [9.17, 15) is 0 Å². The van der Waals surface area contributed by atoms with Crippen molar-refractivity contribution in [2.45, 2.75) is 0 Å². The molecule has 0 N–H and O–H groups in total. The van der Waals surface area contributed by atoms with E-state index in [2.05, 4.69) is 82.2 Å². The molecule has 0 spiro atoms. The first kappa shape index (κ1) is 15.0. The highest BCUT2D eigenvalue weighted by Gasteiger charge is 2.18. The number of nitrogens with zero attached hydrogens (tertiary/aromatic N) is 3. The van der Waals surface area contributed by atoms with Crippen LogP contribution in [-0.2, 0) is 0 Å². The summed E-state index contributed by atoms with van der Waals surface area (Å²) in [6.07, 6.45) is 3.84. The first-order valence-corrected chi connectivity index (χ1v) is 9.78. The van der Waals surface area contributed by atoms with E-state index in [1.807, 2.05) is 18.5 Å². The summed E-state index contributed by atoms with van der Waals surface area (Å²) in [6.45, 7) is 0. The van der Waals surface area contributed by atoms with Crippen molar-refractivity contribution in [2.24, 2.45) is 0 Å². The Morgan fingerprint density at radius 1 is 0.552 bits per heavy atom. The fourth-order valence-corrected chi connectivity index (χ4v) is 4.87. The van der Waals surface area contributed by atoms with Crippen LogP contribution in [0.1, 0.15) is 0 Å². The molecule has 0 radical (unpaired) electrons. The van der Waals surface area contributed by atoms with Gasteiger partial charge in [0.1, 0.15) is 5.65 Å². The Labute approximate surface area is 165 Å². The van der Waals surface area contributed by atoms with Gasteiger partial charge < -0.3 is 0 Å². The number of benzene rings is 4. The molecule has 3 aromatic heterocycles. The molecule has 0 saturated carbocycles. The van der Waals surface area contributed by atoms with E-state index in [4.69, 9.17) is 4.98 Å². The minimum Gasteiger partial charge on any atom is -0.290 e. The molecule has 134 valence electrons. The summed E-state index contributed by atoms with van der Waals surface area (Å²) in [5.41, 5.74) is 4.19. The molecule has 0 aliphatic heterocycles. The van der Waals surface area contributed by atoms with Crippen LogP contribution in [0.5, 0.6) is 0 Å². The van der Waals surface area contributed by atoms with Crippen molar-refractivity contribution >= 4 is 59.9 Å². The minimum atomic E-state index is 0.989. The highest BCUT2D eigenvalue weighted by atomic mass is 15.0. The van der Waals surface area contributed by atoms with Crippen LogP contribution in [-0.4, -0.2) is 14.4 Å². The van der Waals surface area contributed by atoms with Crippen molar-refractivity contribution in [3.63, 3.8) is 0 Å². The van der Waals surface area contributed by atoms with Gasteiger partial charge in [0.05, 0.1) is 22.7 Å². The largest absolute Gasteiger partial charge is 0.290 e. The molecule has 0 amide bonds. The number of para-hydroxylation sites is 2. The third-order valence-electron chi connectivity index (χ3n) is 6.03. The van der Waals surface area contributed by atoms with E-state index in [0.717, 1.165) is 22.2 Å². The fraction of sp³-hybridized carbons (Fsp3) is 0. The van der Waals surface area contributed by atoms with Gasteiger partial charge in [-0.05, 0) is 39.7 Å². The highest BCUT2D eigenvalue weighted by molar-refractivity contribution is 6.34. The Hall–Kier alpha value is -3.98. The second-order valence-corrected chi connectivity index (χ2v) is 7.49. The number of hydrogen-bond donors (Lipinski definition) is 0. The summed E-state index contributed by atoms with van der Waals surface area (Å²) < 4.78 is 2.27. The van der Waals surface area contributed by atoms with Crippen LogP contribution < -0.4 is 0 Å². The number of pyridine rings is 2. The molecule has 3 nitrogen and oxygen atoms in total. The summed E-state index contributed by atoms with van der Waals surface area (Å²) >= 11 is 0. The fourth-order valence-electron chi connectivity index (χ4n) is 4.87. The van der Waals surface area contributed by atoms with Crippen LogP contribution in [0.15, 0.2) is 91.3 Å². The maximum atomic E-state index is 5.09. The molecule has 0 fully saturated rings. The quantitative estimate of drug-likeness (QED) is 0.286. The molecule has 7 rings (SSSR count). The van der Waals surface area contributed by atoms with Gasteiger partial charge in [-0.3, -0.25) is 9.38 Å². The number of fused-ring (bicyclic) bond motifs is 13. The highest BCUT2D eigenvalue weighted by Crippen LogP contribution is 2.41. The number of imidazole rings is 1. The number of hydrogen-bond acceptors (Lipinski definition) is 2. The molecule has 3 heteroatoms. The molecule has 0 bridgehead atoms.